The highest BCUT2D eigenvalue weighted by atomic mass is 16.6. The predicted octanol–water partition coefficient (Wildman–Crippen LogP) is 4.15. The Bertz CT molecular complexity index is 376. The molecule has 0 radical (unpaired) electrons. The van der Waals surface area contributed by atoms with E-state index >= 15 is 0 Å². The van der Waals surface area contributed by atoms with Crippen LogP contribution in [0.3, 0.4) is 0 Å². The van der Waals surface area contributed by atoms with Crippen molar-refractivity contribution in [2.24, 2.45) is 5.41 Å². The molecule has 134 valence electrons. The normalized spacial score (nSPS) is 18.1. The molecule has 1 atom stereocenters. The second kappa shape index (κ2) is 9.78. The van der Waals surface area contributed by atoms with Crippen LogP contribution in [0, 0.1) is 5.41 Å². The van der Waals surface area contributed by atoms with Gasteiger partial charge in [0.1, 0.15) is 6.04 Å². The molecule has 0 saturated carbocycles. The number of carbonyl (C=O) groups is 2. The third-order valence-corrected chi connectivity index (χ3v) is 3.88. The molecule has 1 amide bonds. The van der Waals surface area contributed by atoms with Crippen LogP contribution in [0.25, 0.3) is 0 Å². The summed E-state index contributed by atoms with van der Waals surface area (Å²) in [7, 11) is 0. The van der Waals surface area contributed by atoms with Crippen LogP contribution in [0.2, 0.25) is 0 Å². The van der Waals surface area contributed by atoms with Gasteiger partial charge in [-0.05, 0) is 24.7 Å². The first-order valence-electron chi connectivity index (χ1n) is 8.95. The van der Waals surface area contributed by atoms with Crippen molar-refractivity contribution < 1.29 is 19.1 Å². The van der Waals surface area contributed by atoms with E-state index in [1.165, 1.54) is 24.2 Å². The lowest BCUT2D eigenvalue weighted by molar-refractivity contribution is -0.148. The Balaban J connectivity index is 2.33. The molecule has 1 aliphatic rings. The lowest BCUT2D eigenvalue weighted by Crippen LogP contribution is -2.42. The van der Waals surface area contributed by atoms with E-state index in [2.05, 4.69) is 6.92 Å². The summed E-state index contributed by atoms with van der Waals surface area (Å²) >= 11 is 0. The molecular formula is C18H33NO4. The molecule has 1 aliphatic heterocycles. The average Bonchev–Trinajstić information content (AvgIpc) is 2.97. The fraction of sp³-hybridized carbons (Fsp3) is 0.889. The van der Waals surface area contributed by atoms with Crippen molar-refractivity contribution in [3.05, 3.63) is 0 Å². The van der Waals surface area contributed by atoms with E-state index in [9.17, 15) is 9.59 Å². The van der Waals surface area contributed by atoms with Gasteiger partial charge in [0, 0.05) is 6.54 Å². The number of likely N-dealkylation sites (tertiary alicyclic amines) is 1. The van der Waals surface area contributed by atoms with Crippen molar-refractivity contribution in [2.75, 3.05) is 19.8 Å². The molecule has 23 heavy (non-hydrogen) atoms. The minimum atomic E-state index is -0.474. The number of hydrogen-bond donors (Lipinski definition) is 0. The van der Waals surface area contributed by atoms with Gasteiger partial charge in [-0.1, -0.05) is 53.4 Å². The number of carbonyl (C=O) groups excluding carboxylic acids is 2. The summed E-state index contributed by atoms with van der Waals surface area (Å²) in [6, 6.07) is -0.474. The Labute approximate surface area is 140 Å². The molecular weight excluding hydrogens is 294 g/mol. The van der Waals surface area contributed by atoms with E-state index in [4.69, 9.17) is 9.47 Å². The molecule has 5 nitrogen and oxygen atoms in total. The Kier molecular flexibility index (Phi) is 8.42. The lowest BCUT2D eigenvalue weighted by atomic mass is 9.99. The Morgan fingerprint density at radius 2 is 1.78 bits per heavy atom. The van der Waals surface area contributed by atoms with Crippen LogP contribution in [0.1, 0.15) is 72.6 Å². The van der Waals surface area contributed by atoms with Crippen LogP contribution >= 0.6 is 0 Å². The van der Waals surface area contributed by atoms with E-state index in [1.807, 2.05) is 20.8 Å². The highest BCUT2D eigenvalue weighted by Crippen LogP contribution is 2.21. The van der Waals surface area contributed by atoms with E-state index in [-0.39, 0.29) is 11.4 Å². The SMILES string of the molecule is CCCCCCCOC(=O)C1CCCN1C(=O)OCC(C)(C)C. The Morgan fingerprint density at radius 1 is 1.09 bits per heavy atom. The standard InChI is InChI=1S/C18H33NO4/c1-5-6-7-8-9-13-22-16(20)15-11-10-12-19(15)17(21)23-14-18(2,3)4/h15H,5-14H2,1-4H3. The van der Waals surface area contributed by atoms with Gasteiger partial charge >= 0.3 is 12.1 Å². The zero-order chi connectivity index (χ0) is 17.3. The monoisotopic (exact) mass is 327 g/mol. The Morgan fingerprint density at radius 3 is 2.43 bits per heavy atom. The number of amides is 1. The smallest absolute Gasteiger partial charge is 0.410 e. The maximum absolute atomic E-state index is 12.2. The van der Waals surface area contributed by atoms with Gasteiger partial charge in [0.15, 0.2) is 0 Å². The first kappa shape index (κ1) is 19.8. The summed E-state index contributed by atoms with van der Waals surface area (Å²) in [6.45, 7) is 9.57. The zero-order valence-electron chi connectivity index (χ0n) is 15.2. The van der Waals surface area contributed by atoms with Crippen LogP contribution in [-0.4, -0.2) is 42.8 Å². The van der Waals surface area contributed by atoms with Gasteiger partial charge in [-0.2, -0.15) is 0 Å². The van der Waals surface area contributed by atoms with Crippen molar-refractivity contribution in [1.29, 1.82) is 0 Å². The Hall–Kier alpha value is -1.26. The van der Waals surface area contributed by atoms with E-state index in [0.29, 0.717) is 26.2 Å². The third kappa shape index (κ3) is 7.71. The van der Waals surface area contributed by atoms with Crippen molar-refractivity contribution in [2.45, 2.75) is 78.7 Å². The van der Waals surface area contributed by atoms with Crippen LogP contribution in [0.4, 0.5) is 4.79 Å². The lowest BCUT2D eigenvalue weighted by Gasteiger charge is -2.25. The van der Waals surface area contributed by atoms with E-state index in [1.54, 1.807) is 0 Å². The number of unbranched alkanes of at least 4 members (excludes halogenated alkanes) is 4. The third-order valence-electron chi connectivity index (χ3n) is 3.88. The van der Waals surface area contributed by atoms with Crippen LogP contribution in [0.15, 0.2) is 0 Å². The highest BCUT2D eigenvalue weighted by molar-refractivity contribution is 5.82. The molecule has 0 aromatic carbocycles. The second-order valence-electron chi connectivity index (χ2n) is 7.55. The first-order valence-corrected chi connectivity index (χ1v) is 8.95. The number of ether oxygens (including phenoxy) is 2. The summed E-state index contributed by atoms with van der Waals surface area (Å²) in [5, 5.41) is 0. The molecule has 1 rings (SSSR count). The number of nitrogens with zero attached hydrogens (tertiary/aromatic N) is 1. The van der Waals surface area contributed by atoms with Crippen molar-refractivity contribution >= 4 is 12.1 Å². The van der Waals surface area contributed by atoms with Crippen LogP contribution in [-0.2, 0) is 14.3 Å². The topological polar surface area (TPSA) is 55.8 Å². The largest absolute Gasteiger partial charge is 0.464 e. The first-order chi connectivity index (χ1) is 10.8. The minimum absolute atomic E-state index is 0.0795. The van der Waals surface area contributed by atoms with E-state index in [0.717, 1.165) is 19.3 Å². The summed E-state index contributed by atoms with van der Waals surface area (Å²) in [4.78, 5) is 25.8. The zero-order valence-corrected chi connectivity index (χ0v) is 15.2. The molecule has 0 N–H and O–H groups in total. The number of esters is 1. The van der Waals surface area contributed by atoms with Crippen molar-refractivity contribution in [1.82, 2.24) is 4.90 Å². The molecule has 5 heteroatoms. The predicted molar refractivity (Wildman–Crippen MR) is 90.2 cm³/mol. The molecule has 1 saturated heterocycles. The van der Waals surface area contributed by atoms with Gasteiger partial charge in [0.05, 0.1) is 13.2 Å². The van der Waals surface area contributed by atoms with Gasteiger partial charge in [-0.15, -0.1) is 0 Å². The molecule has 1 unspecified atom stereocenters. The van der Waals surface area contributed by atoms with Crippen LogP contribution in [0.5, 0.6) is 0 Å². The van der Waals surface area contributed by atoms with E-state index < -0.39 is 12.1 Å². The van der Waals surface area contributed by atoms with Gasteiger partial charge in [0.25, 0.3) is 0 Å². The number of hydrogen-bond acceptors (Lipinski definition) is 4. The summed E-state index contributed by atoms with van der Waals surface area (Å²) < 4.78 is 10.7. The second-order valence-corrected chi connectivity index (χ2v) is 7.55. The van der Waals surface area contributed by atoms with Crippen molar-refractivity contribution in [3.8, 4) is 0 Å². The molecule has 0 aromatic heterocycles. The molecule has 0 aromatic rings. The fourth-order valence-corrected chi connectivity index (χ4v) is 2.57. The fourth-order valence-electron chi connectivity index (χ4n) is 2.57. The quantitative estimate of drug-likeness (QED) is 0.496. The molecule has 0 bridgehead atoms. The molecule has 0 aliphatic carbocycles. The highest BCUT2D eigenvalue weighted by Gasteiger charge is 2.36. The molecule has 0 spiro atoms. The van der Waals surface area contributed by atoms with Gasteiger partial charge < -0.3 is 9.47 Å². The van der Waals surface area contributed by atoms with Gasteiger partial charge in [0.2, 0.25) is 0 Å². The average molecular weight is 327 g/mol. The summed E-state index contributed by atoms with van der Waals surface area (Å²) in [5.74, 6) is -0.286. The van der Waals surface area contributed by atoms with Gasteiger partial charge in [-0.3, -0.25) is 4.90 Å². The van der Waals surface area contributed by atoms with Crippen molar-refractivity contribution in [3.63, 3.8) is 0 Å². The number of rotatable bonds is 8. The summed E-state index contributed by atoms with van der Waals surface area (Å²) in [5.41, 5.74) is -0.0795. The maximum Gasteiger partial charge on any atom is 0.410 e. The minimum Gasteiger partial charge on any atom is -0.464 e. The van der Waals surface area contributed by atoms with Gasteiger partial charge in [-0.25, -0.2) is 9.59 Å². The molecule has 1 heterocycles. The summed E-state index contributed by atoms with van der Waals surface area (Å²) in [6.07, 6.45) is 6.68. The van der Waals surface area contributed by atoms with Crippen LogP contribution < -0.4 is 0 Å². The maximum atomic E-state index is 12.2. The molecule has 1 fully saturated rings.